The third-order valence-corrected chi connectivity index (χ3v) is 5.34. The number of rotatable bonds is 4. The topological polar surface area (TPSA) is 49.4 Å². The fraction of sp³-hybridized carbons (Fsp3) is 0.231. The summed E-state index contributed by atoms with van der Waals surface area (Å²) in [6, 6.07) is 21.8. The molecule has 1 heterocycles. The Morgan fingerprint density at radius 2 is 1.77 bits per heavy atom. The molecule has 2 amide bonds. The molecule has 0 saturated carbocycles. The minimum atomic E-state index is -0.0420. The summed E-state index contributed by atoms with van der Waals surface area (Å²) in [5.41, 5.74) is 2.81. The predicted octanol–water partition coefficient (Wildman–Crippen LogP) is 4.07. The molecule has 3 aromatic carbocycles. The average molecular weight is 396 g/mol. The van der Waals surface area contributed by atoms with E-state index in [9.17, 15) is 9.59 Å². The fourth-order valence-electron chi connectivity index (χ4n) is 3.77. The number of fused-ring (bicyclic) bond motifs is 1. The van der Waals surface area contributed by atoms with Crippen molar-refractivity contribution in [1.82, 2.24) is 5.32 Å². The van der Waals surface area contributed by atoms with Gasteiger partial charge in [0.2, 0.25) is 11.8 Å². The summed E-state index contributed by atoms with van der Waals surface area (Å²) >= 11 is 0. The molecule has 3 aromatic rings. The lowest BCUT2D eigenvalue weighted by atomic mass is 10.0. The monoisotopic (exact) mass is 396 g/mol. The van der Waals surface area contributed by atoms with Gasteiger partial charge in [0.05, 0.1) is 13.0 Å². The summed E-state index contributed by atoms with van der Waals surface area (Å²) in [4.78, 5) is 26.2. The first-order chi connectivity index (χ1) is 14.7. The predicted molar refractivity (Wildman–Crippen MR) is 120 cm³/mol. The van der Waals surface area contributed by atoms with Crippen molar-refractivity contribution in [2.24, 2.45) is 0 Å². The third kappa shape index (κ3) is 4.69. The van der Waals surface area contributed by atoms with E-state index in [1.807, 2.05) is 59.5 Å². The summed E-state index contributed by atoms with van der Waals surface area (Å²) in [5.74, 6) is 6.21. The Labute approximate surface area is 176 Å². The first kappa shape index (κ1) is 19.7. The first-order valence-electron chi connectivity index (χ1n) is 10.3. The lowest BCUT2D eigenvalue weighted by Gasteiger charge is -2.26. The number of hydrogen-bond donors (Lipinski definition) is 1. The number of nitrogens with one attached hydrogen (secondary N) is 1. The van der Waals surface area contributed by atoms with Crippen LogP contribution in [0.5, 0.6) is 0 Å². The molecule has 4 nitrogen and oxygen atoms in total. The lowest BCUT2D eigenvalue weighted by molar-refractivity contribution is -0.120. The molecule has 1 aliphatic heterocycles. The zero-order chi connectivity index (χ0) is 20.8. The molecule has 4 heteroatoms. The van der Waals surface area contributed by atoms with Crippen molar-refractivity contribution in [3.63, 3.8) is 0 Å². The minimum absolute atomic E-state index is 0.0420. The molecular formula is C26H24N2O2. The lowest BCUT2D eigenvalue weighted by Crippen LogP contribution is -2.35. The largest absolute Gasteiger partial charge is 0.345 e. The van der Waals surface area contributed by atoms with E-state index in [0.29, 0.717) is 19.4 Å². The van der Waals surface area contributed by atoms with Crippen LogP contribution in [-0.4, -0.2) is 24.9 Å². The number of piperidine rings is 1. The second-order valence-electron chi connectivity index (χ2n) is 7.44. The SMILES string of the molecule is O=C(Cc1cccc2ccccc12)NCC#Cc1ccc(N2CCCCC2=O)cc1. The summed E-state index contributed by atoms with van der Waals surface area (Å²) in [7, 11) is 0. The summed E-state index contributed by atoms with van der Waals surface area (Å²) in [6.45, 7) is 1.09. The number of anilines is 1. The maximum atomic E-state index is 12.3. The van der Waals surface area contributed by atoms with Crippen molar-refractivity contribution in [1.29, 1.82) is 0 Å². The van der Waals surface area contributed by atoms with Crippen LogP contribution in [0.2, 0.25) is 0 Å². The molecule has 30 heavy (non-hydrogen) atoms. The third-order valence-electron chi connectivity index (χ3n) is 5.34. The van der Waals surface area contributed by atoms with Gasteiger partial charge in [0.1, 0.15) is 0 Å². The van der Waals surface area contributed by atoms with Gasteiger partial charge in [-0.3, -0.25) is 9.59 Å². The maximum Gasteiger partial charge on any atom is 0.226 e. The summed E-state index contributed by atoms with van der Waals surface area (Å²) in [5, 5.41) is 5.11. The molecule has 0 radical (unpaired) electrons. The second-order valence-corrected chi connectivity index (χ2v) is 7.44. The highest BCUT2D eigenvalue weighted by molar-refractivity contribution is 5.94. The van der Waals surface area contributed by atoms with Crippen LogP contribution in [0.1, 0.15) is 30.4 Å². The van der Waals surface area contributed by atoms with Crippen LogP contribution in [0.25, 0.3) is 10.8 Å². The molecule has 1 aliphatic rings. The standard InChI is InChI=1S/C26H24N2O2/c29-25(19-22-10-5-9-21-8-1-2-11-24(21)22)27-17-6-7-20-13-15-23(16-14-20)28-18-4-3-12-26(28)30/h1-2,5,8-11,13-16H,3-4,12,17-19H2,(H,27,29). The van der Waals surface area contributed by atoms with Gasteiger partial charge >= 0.3 is 0 Å². The Morgan fingerprint density at radius 1 is 0.967 bits per heavy atom. The van der Waals surface area contributed by atoms with Crippen LogP contribution in [-0.2, 0) is 16.0 Å². The molecule has 0 atom stereocenters. The molecule has 0 unspecified atom stereocenters. The summed E-state index contributed by atoms with van der Waals surface area (Å²) in [6.07, 6.45) is 2.98. The van der Waals surface area contributed by atoms with Gasteiger partial charge in [-0.2, -0.15) is 0 Å². The van der Waals surface area contributed by atoms with Crippen molar-refractivity contribution in [2.75, 3.05) is 18.0 Å². The van der Waals surface area contributed by atoms with E-state index < -0.39 is 0 Å². The van der Waals surface area contributed by atoms with Gasteiger partial charge in [0.25, 0.3) is 0 Å². The Hall–Kier alpha value is -3.58. The fourth-order valence-corrected chi connectivity index (χ4v) is 3.77. The molecule has 1 fully saturated rings. The normalized spacial score (nSPS) is 13.6. The average Bonchev–Trinajstić information content (AvgIpc) is 2.78. The van der Waals surface area contributed by atoms with Crippen molar-refractivity contribution in [2.45, 2.75) is 25.7 Å². The van der Waals surface area contributed by atoms with Crippen LogP contribution >= 0.6 is 0 Å². The van der Waals surface area contributed by atoms with E-state index in [4.69, 9.17) is 0 Å². The maximum absolute atomic E-state index is 12.3. The van der Waals surface area contributed by atoms with Crippen molar-refractivity contribution in [3.05, 3.63) is 77.9 Å². The zero-order valence-electron chi connectivity index (χ0n) is 16.9. The Bertz CT molecular complexity index is 1120. The van der Waals surface area contributed by atoms with Gasteiger partial charge in [-0.25, -0.2) is 0 Å². The molecule has 150 valence electrons. The second kappa shape index (κ2) is 9.28. The van der Waals surface area contributed by atoms with Crippen molar-refractivity contribution in [3.8, 4) is 11.8 Å². The quantitative estimate of drug-likeness (QED) is 0.676. The molecule has 1 N–H and O–H groups in total. The van der Waals surface area contributed by atoms with Gasteiger partial charge in [-0.15, -0.1) is 0 Å². The van der Waals surface area contributed by atoms with Crippen molar-refractivity contribution < 1.29 is 9.59 Å². The molecule has 0 aromatic heterocycles. The molecule has 1 saturated heterocycles. The highest BCUT2D eigenvalue weighted by atomic mass is 16.2. The number of hydrogen-bond acceptors (Lipinski definition) is 2. The van der Waals surface area contributed by atoms with Crippen LogP contribution in [0.4, 0.5) is 5.69 Å². The molecular weight excluding hydrogens is 372 g/mol. The van der Waals surface area contributed by atoms with Gasteiger partial charge in [0, 0.05) is 24.2 Å². The van der Waals surface area contributed by atoms with Gasteiger partial charge in [0.15, 0.2) is 0 Å². The number of amides is 2. The highest BCUT2D eigenvalue weighted by Gasteiger charge is 2.19. The van der Waals surface area contributed by atoms with Crippen molar-refractivity contribution >= 4 is 28.3 Å². The molecule has 4 rings (SSSR count). The highest BCUT2D eigenvalue weighted by Crippen LogP contribution is 2.21. The number of benzene rings is 3. The van der Waals surface area contributed by atoms with Gasteiger partial charge < -0.3 is 10.2 Å². The van der Waals surface area contributed by atoms with E-state index in [-0.39, 0.29) is 11.8 Å². The zero-order valence-corrected chi connectivity index (χ0v) is 16.9. The Kier molecular flexibility index (Phi) is 6.10. The number of nitrogens with zero attached hydrogens (tertiary/aromatic N) is 1. The first-order valence-corrected chi connectivity index (χ1v) is 10.3. The van der Waals surface area contributed by atoms with Crippen LogP contribution in [0.3, 0.4) is 0 Å². The summed E-state index contributed by atoms with van der Waals surface area (Å²) < 4.78 is 0. The van der Waals surface area contributed by atoms with E-state index in [1.54, 1.807) is 0 Å². The van der Waals surface area contributed by atoms with Crippen LogP contribution in [0, 0.1) is 11.8 Å². The van der Waals surface area contributed by atoms with E-state index in [1.165, 1.54) is 0 Å². The number of carbonyl (C=O) groups is 2. The van der Waals surface area contributed by atoms with Crippen LogP contribution in [0.15, 0.2) is 66.7 Å². The van der Waals surface area contributed by atoms with Gasteiger partial charge in [-0.05, 0) is 53.4 Å². The molecule has 0 spiro atoms. The smallest absolute Gasteiger partial charge is 0.226 e. The minimum Gasteiger partial charge on any atom is -0.345 e. The van der Waals surface area contributed by atoms with E-state index in [2.05, 4.69) is 29.3 Å². The molecule has 0 bridgehead atoms. The van der Waals surface area contributed by atoms with E-state index in [0.717, 1.165) is 47.0 Å². The van der Waals surface area contributed by atoms with E-state index >= 15 is 0 Å². The Balaban J connectivity index is 1.31. The Morgan fingerprint density at radius 3 is 2.60 bits per heavy atom. The number of carbonyl (C=O) groups excluding carboxylic acids is 2. The van der Waals surface area contributed by atoms with Crippen LogP contribution < -0.4 is 10.2 Å². The van der Waals surface area contributed by atoms with Gasteiger partial charge in [-0.1, -0.05) is 54.3 Å². The molecule has 0 aliphatic carbocycles.